The number of nitrogens with one attached hydrogen (secondary N) is 1. The molecule has 43 heavy (non-hydrogen) atoms. The number of aromatic nitrogens is 5. The highest BCUT2D eigenvalue weighted by atomic mass is 16.4. The summed E-state index contributed by atoms with van der Waals surface area (Å²) in [4.78, 5) is 26.0. The van der Waals surface area contributed by atoms with Crippen molar-refractivity contribution in [1.82, 2.24) is 24.1 Å². The van der Waals surface area contributed by atoms with E-state index < -0.39 is 5.97 Å². The molecule has 3 aromatic carbocycles. The van der Waals surface area contributed by atoms with Gasteiger partial charge in [0.2, 0.25) is 0 Å². The number of pyridine rings is 1. The number of imidazole rings is 2. The summed E-state index contributed by atoms with van der Waals surface area (Å²) in [7, 11) is 0. The van der Waals surface area contributed by atoms with Crippen molar-refractivity contribution in [3.05, 3.63) is 97.1 Å². The monoisotopic (exact) mass is 570 g/mol. The molecular formula is C35H34N6O2. The van der Waals surface area contributed by atoms with Crippen LogP contribution in [0.4, 0.5) is 5.69 Å². The molecule has 0 saturated heterocycles. The molecule has 7 rings (SSSR count). The summed E-state index contributed by atoms with van der Waals surface area (Å²) in [5, 5.41) is 14.4. The normalized spacial score (nSPS) is 14.0. The number of hydrogen-bond acceptors (Lipinski definition) is 5. The molecule has 216 valence electrons. The van der Waals surface area contributed by atoms with E-state index in [1.54, 1.807) is 18.3 Å². The quantitative estimate of drug-likeness (QED) is 0.172. The van der Waals surface area contributed by atoms with Crippen molar-refractivity contribution < 1.29 is 9.90 Å². The second-order valence-electron chi connectivity index (χ2n) is 11.3. The SMILES string of the molecule is O=C(O)c1ccc2c(c1)nc(-c1ccc3nc(-c4ccccc4)cc(NCCCn4ccnc4)c3c1)n2C1CCCCC1. The van der Waals surface area contributed by atoms with E-state index in [0.29, 0.717) is 6.04 Å². The Bertz CT molecular complexity index is 1890. The third kappa shape index (κ3) is 5.48. The van der Waals surface area contributed by atoms with Gasteiger partial charge in [-0.1, -0.05) is 49.6 Å². The molecule has 1 aliphatic carbocycles. The molecule has 1 saturated carbocycles. The lowest BCUT2D eigenvalue weighted by atomic mass is 9.94. The van der Waals surface area contributed by atoms with Gasteiger partial charge in [0.05, 0.1) is 34.1 Å². The van der Waals surface area contributed by atoms with Crippen LogP contribution in [0.1, 0.15) is 54.9 Å². The lowest BCUT2D eigenvalue weighted by Crippen LogP contribution is -2.14. The number of carbonyl (C=O) groups is 1. The largest absolute Gasteiger partial charge is 0.478 e. The highest BCUT2D eigenvalue weighted by molar-refractivity contribution is 5.97. The number of hydrogen-bond donors (Lipinski definition) is 2. The molecule has 6 aromatic rings. The number of anilines is 1. The van der Waals surface area contributed by atoms with E-state index in [4.69, 9.17) is 9.97 Å². The fraction of sp³-hybridized carbons (Fsp3) is 0.257. The van der Waals surface area contributed by atoms with Crippen LogP contribution >= 0.6 is 0 Å². The number of fused-ring (bicyclic) bond motifs is 2. The fourth-order valence-corrected chi connectivity index (χ4v) is 6.32. The van der Waals surface area contributed by atoms with Crippen molar-refractivity contribution in [2.24, 2.45) is 0 Å². The van der Waals surface area contributed by atoms with E-state index >= 15 is 0 Å². The van der Waals surface area contributed by atoms with Gasteiger partial charge in [-0.25, -0.2) is 19.7 Å². The van der Waals surface area contributed by atoms with Crippen LogP contribution in [0.25, 0.3) is 44.6 Å². The minimum atomic E-state index is -0.939. The van der Waals surface area contributed by atoms with Crippen molar-refractivity contribution in [1.29, 1.82) is 0 Å². The van der Waals surface area contributed by atoms with Gasteiger partial charge in [-0.2, -0.15) is 0 Å². The number of aromatic carboxylic acids is 1. The zero-order chi connectivity index (χ0) is 29.2. The number of aryl methyl sites for hydroxylation is 1. The Balaban J connectivity index is 1.32. The Morgan fingerprint density at radius 1 is 0.907 bits per heavy atom. The lowest BCUT2D eigenvalue weighted by molar-refractivity contribution is 0.0697. The van der Waals surface area contributed by atoms with E-state index in [-0.39, 0.29) is 5.56 Å². The molecule has 2 N–H and O–H groups in total. The van der Waals surface area contributed by atoms with Crippen LogP contribution in [0.2, 0.25) is 0 Å². The van der Waals surface area contributed by atoms with Crippen molar-refractivity contribution in [2.75, 3.05) is 11.9 Å². The van der Waals surface area contributed by atoms with Crippen molar-refractivity contribution in [3.63, 3.8) is 0 Å². The second kappa shape index (κ2) is 11.7. The summed E-state index contributed by atoms with van der Waals surface area (Å²) in [5.74, 6) is -0.0602. The third-order valence-corrected chi connectivity index (χ3v) is 8.48. The first kappa shape index (κ1) is 26.9. The maximum absolute atomic E-state index is 11.7. The van der Waals surface area contributed by atoms with Crippen LogP contribution < -0.4 is 5.32 Å². The van der Waals surface area contributed by atoms with Gasteiger partial charge in [-0.3, -0.25) is 0 Å². The number of rotatable bonds is 9. The Hall–Kier alpha value is -4.98. The standard InChI is InChI=1S/C35H34N6O2/c42-35(43)26-13-15-33-32(21-26)39-34(41(33)27-10-5-2-6-11-27)25-12-14-29-28(20-25)31(37-16-7-18-40-19-17-36-23-40)22-30(38-29)24-8-3-1-4-9-24/h1,3-4,8-9,12-15,17,19-23,27H,2,5-7,10-11,16,18H2,(H,37,38)(H,42,43). The first-order chi connectivity index (χ1) is 21.1. The minimum Gasteiger partial charge on any atom is -0.478 e. The molecular weight excluding hydrogens is 536 g/mol. The summed E-state index contributed by atoms with van der Waals surface area (Å²) in [6.07, 6.45) is 12.4. The van der Waals surface area contributed by atoms with E-state index in [2.05, 4.69) is 55.8 Å². The van der Waals surface area contributed by atoms with Crippen LogP contribution in [-0.2, 0) is 6.54 Å². The van der Waals surface area contributed by atoms with E-state index in [0.717, 1.165) is 82.6 Å². The Morgan fingerprint density at radius 3 is 2.56 bits per heavy atom. The molecule has 3 aromatic heterocycles. The van der Waals surface area contributed by atoms with Crippen LogP contribution in [0.15, 0.2) is 91.5 Å². The highest BCUT2D eigenvalue weighted by Gasteiger charge is 2.23. The molecule has 3 heterocycles. The molecule has 0 unspecified atom stereocenters. The Morgan fingerprint density at radius 2 is 1.77 bits per heavy atom. The van der Waals surface area contributed by atoms with Crippen LogP contribution in [0.3, 0.4) is 0 Å². The van der Waals surface area contributed by atoms with Gasteiger partial charge in [-0.05, 0) is 61.7 Å². The predicted octanol–water partition coefficient (Wildman–Crippen LogP) is 7.82. The van der Waals surface area contributed by atoms with Gasteiger partial charge < -0.3 is 19.6 Å². The topological polar surface area (TPSA) is 97.9 Å². The van der Waals surface area contributed by atoms with Crippen LogP contribution in [0, 0.1) is 0 Å². The van der Waals surface area contributed by atoms with Crippen molar-refractivity contribution in [2.45, 2.75) is 51.1 Å². The van der Waals surface area contributed by atoms with Crippen LogP contribution in [0.5, 0.6) is 0 Å². The number of carboxylic acids is 1. The summed E-state index contributed by atoms with van der Waals surface area (Å²) < 4.78 is 4.44. The molecule has 0 bridgehead atoms. The van der Waals surface area contributed by atoms with Gasteiger partial charge in [0.1, 0.15) is 5.82 Å². The number of carboxylic acid groups (broad SMARTS) is 1. The van der Waals surface area contributed by atoms with Gasteiger partial charge in [0, 0.05) is 53.7 Å². The fourth-order valence-electron chi connectivity index (χ4n) is 6.32. The van der Waals surface area contributed by atoms with E-state index in [9.17, 15) is 9.90 Å². The average molecular weight is 571 g/mol. The second-order valence-corrected chi connectivity index (χ2v) is 11.3. The first-order valence-electron chi connectivity index (χ1n) is 15.1. The third-order valence-electron chi connectivity index (χ3n) is 8.48. The zero-order valence-corrected chi connectivity index (χ0v) is 24.0. The lowest BCUT2D eigenvalue weighted by Gasteiger charge is -2.26. The zero-order valence-electron chi connectivity index (χ0n) is 24.0. The summed E-state index contributed by atoms with van der Waals surface area (Å²) >= 11 is 0. The molecule has 8 heteroatoms. The van der Waals surface area contributed by atoms with E-state index in [1.807, 2.05) is 36.8 Å². The molecule has 0 atom stereocenters. The number of nitrogens with zero attached hydrogens (tertiary/aromatic N) is 5. The predicted molar refractivity (Wildman–Crippen MR) is 170 cm³/mol. The molecule has 0 spiro atoms. The highest BCUT2D eigenvalue weighted by Crippen LogP contribution is 2.38. The molecule has 0 aliphatic heterocycles. The molecule has 8 nitrogen and oxygen atoms in total. The van der Waals surface area contributed by atoms with Crippen molar-refractivity contribution in [3.8, 4) is 22.6 Å². The van der Waals surface area contributed by atoms with Crippen LogP contribution in [-0.4, -0.2) is 41.7 Å². The molecule has 1 fully saturated rings. The Labute approximate surface area is 250 Å². The van der Waals surface area contributed by atoms with E-state index in [1.165, 1.54) is 19.3 Å². The minimum absolute atomic E-state index is 0.255. The average Bonchev–Trinajstić information content (AvgIpc) is 3.71. The van der Waals surface area contributed by atoms with Crippen molar-refractivity contribution >= 4 is 33.6 Å². The summed E-state index contributed by atoms with van der Waals surface area (Å²) in [6, 6.07) is 24.4. The van der Waals surface area contributed by atoms with Gasteiger partial charge >= 0.3 is 5.97 Å². The molecule has 1 aliphatic rings. The molecule has 0 amide bonds. The summed E-state index contributed by atoms with van der Waals surface area (Å²) in [6.45, 7) is 1.69. The number of benzene rings is 3. The van der Waals surface area contributed by atoms with Gasteiger partial charge in [0.25, 0.3) is 0 Å². The first-order valence-corrected chi connectivity index (χ1v) is 15.1. The Kier molecular flexibility index (Phi) is 7.33. The van der Waals surface area contributed by atoms with Gasteiger partial charge in [-0.15, -0.1) is 0 Å². The summed E-state index contributed by atoms with van der Waals surface area (Å²) in [5.41, 5.74) is 6.91. The maximum Gasteiger partial charge on any atom is 0.335 e. The maximum atomic E-state index is 11.7. The molecule has 0 radical (unpaired) electrons. The van der Waals surface area contributed by atoms with Gasteiger partial charge in [0.15, 0.2) is 0 Å². The smallest absolute Gasteiger partial charge is 0.335 e.